The van der Waals surface area contributed by atoms with Crippen molar-refractivity contribution >= 4 is 5.97 Å². The molecule has 0 aliphatic carbocycles. The number of benzene rings is 1. The topological polar surface area (TPSA) is 66.8 Å². The molecule has 20 heavy (non-hydrogen) atoms. The first-order valence-corrected chi connectivity index (χ1v) is 7.12. The van der Waals surface area contributed by atoms with Crippen LogP contribution >= 0.6 is 0 Å². The molecule has 2 unspecified atom stereocenters. The van der Waals surface area contributed by atoms with E-state index >= 15 is 0 Å². The number of hydrogen-bond donors (Lipinski definition) is 2. The van der Waals surface area contributed by atoms with Crippen molar-refractivity contribution in [1.82, 2.24) is 0 Å². The molecule has 4 heteroatoms. The zero-order chi connectivity index (χ0) is 15.2. The van der Waals surface area contributed by atoms with Gasteiger partial charge in [-0.05, 0) is 37.5 Å². The molecule has 1 aromatic rings. The monoisotopic (exact) mass is 280 g/mol. The van der Waals surface area contributed by atoms with Gasteiger partial charge in [0.25, 0.3) is 0 Å². The Morgan fingerprint density at radius 2 is 1.85 bits per heavy atom. The van der Waals surface area contributed by atoms with Gasteiger partial charge in [-0.15, -0.1) is 0 Å². The molecular formula is C16H24O4. The average Bonchev–Trinajstić information content (AvgIpc) is 2.42. The molecule has 4 nitrogen and oxygen atoms in total. The number of aliphatic carboxylic acids is 1. The highest BCUT2D eigenvalue weighted by Gasteiger charge is 2.38. The average molecular weight is 280 g/mol. The van der Waals surface area contributed by atoms with Gasteiger partial charge in [0, 0.05) is 0 Å². The van der Waals surface area contributed by atoms with E-state index in [-0.39, 0.29) is 0 Å². The van der Waals surface area contributed by atoms with Gasteiger partial charge < -0.3 is 14.9 Å². The standard InChI is InChI=1S/C16H24O4/c1-4-6-14(15(17)18)16(3,19)12-7-9-13(10-8-12)20-11-5-2/h7-10,14,19H,4-6,11H2,1-3H3,(H,17,18). The van der Waals surface area contributed by atoms with Gasteiger partial charge in [-0.2, -0.15) is 0 Å². The van der Waals surface area contributed by atoms with Crippen LogP contribution in [0.5, 0.6) is 5.75 Å². The Bertz CT molecular complexity index is 423. The molecule has 1 rings (SSSR count). The molecule has 0 aliphatic rings. The van der Waals surface area contributed by atoms with Crippen LogP contribution < -0.4 is 4.74 Å². The number of aliphatic hydroxyl groups is 1. The third kappa shape index (κ3) is 3.97. The van der Waals surface area contributed by atoms with Crippen molar-refractivity contribution in [3.05, 3.63) is 29.8 Å². The predicted octanol–water partition coefficient (Wildman–Crippen LogP) is 3.18. The van der Waals surface area contributed by atoms with Gasteiger partial charge in [-0.3, -0.25) is 4.79 Å². The molecule has 0 heterocycles. The van der Waals surface area contributed by atoms with Crippen LogP contribution in [0.15, 0.2) is 24.3 Å². The highest BCUT2D eigenvalue weighted by Crippen LogP contribution is 2.33. The lowest BCUT2D eigenvalue weighted by molar-refractivity contribution is -0.152. The summed E-state index contributed by atoms with van der Waals surface area (Å²) >= 11 is 0. The molecule has 0 radical (unpaired) electrons. The van der Waals surface area contributed by atoms with E-state index in [0.29, 0.717) is 25.0 Å². The van der Waals surface area contributed by atoms with E-state index in [0.717, 1.165) is 12.2 Å². The van der Waals surface area contributed by atoms with Crippen molar-refractivity contribution < 1.29 is 19.7 Å². The molecule has 0 fully saturated rings. The van der Waals surface area contributed by atoms with Gasteiger partial charge in [0.2, 0.25) is 0 Å². The van der Waals surface area contributed by atoms with Gasteiger partial charge in [0.05, 0.1) is 12.5 Å². The minimum atomic E-state index is -1.38. The first-order chi connectivity index (χ1) is 9.43. The quantitative estimate of drug-likeness (QED) is 0.767. The summed E-state index contributed by atoms with van der Waals surface area (Å²) in [6, 6.07) is 7.00. The Morgan fingerprint density at radius 3 is 2.30 bits per heavy atom. The fraction of sp³-hybridized carbons (Fsp3) is 0.562. The van der Waals surface area contributed by atoms with Crippen LogP contribution in [-0.4, -0.2) is 22.8 Å². The summed E-state index contributed by atoms with van der Waals surface area (Å²) in [7, 11) is 0. The van der Waals surface area contributed by atoms with Crippen LogP contribution in [0, 0.1) is 5.92 Å². The third-order valence-electron chi connectivity index (χ3n) is 3.47. The smallest absolute Gasteiger partial charge is 0.309 e. The molecule has 1 aromatic carbocycles. The second-order valence-electron chi connectivity index (χ2n) is 5.20. The molecule has 0 spiro atoms. The maximum atomic E-state index is 11.3. The second-order valence-corrected chi connectivity index (χ2v) is 5.20. The zero-order valence-electron chi connectivity index (χ0n) is 12.4. The lowest BCUT2D eigenvalue weighted by atomic mass is 9.80. The molecule has 0 aromatic heterocycles. The van der Waals surface area contributed by atoms with Crippen LogP contribution in [0.2, 0.25) is 0 Å². The highest BCUT2D eigenvalue weighted by molar-refractivity contribution is 5.72. The Morgan fingerprint density at radius 1 is 1.25 bits per heavy atom. The first-order valence-electron chi connectivity index (χ1n) is 7.12. The van der Waals surface area contributed by atoms with Crippen LogP contribution in [0.1, 0.15) is 45.6 Å². The predicted molar refractivity (Wildman–Crippen MR) is 77.8 cm³/mol. The lowest BCUT2D eigenvalue weighted by Gasteiger charge is -2.30. The molecule has 2 atom stereocenters. The summed E-state index contributed by atoms with van der Waals surface area (Å²) in [5.74, 6) is -1.05. The third-order valence-corrected chi connectivity index (χ3v) is 3.47. The number of rotatable bonds is 8. The molecule has 2 N–H and O–H groups in total. The number of hydrogen-bond acceptors (Lipinski definition) is 3. The van der Waals surface area contributed by atoms with Gasteiger partial charge in [-0.1, -0.05) is 32.4 Å². The van der Waals surface area contributed by atoms with Crippen molar-refractivity contribution in [2.45, 2.75) is 45.6 Å². The maximum absolute atomic E-state index is 11.3. The first kappa shape index (κ1) is 16.5. The van der Waals surface area contributed by atoms with E-state index in [4.69, 9.17) is 4.74 Å². The van der Waals surface area contributed by atoms with Gasteiger partial charge in [-0.25, -0.2) is 0 Å². The van der Waals surface area contributed by atoms with E-state index < -0.39 is 17.5 Å². The largest absolute Gasteiger partial charge is 0.494 e. The number of ether oxygens (including phenoxy) is 1. The molecule has 0 aliphatic heterocycles. The molecule has 0 saturated heterocycles. The van der Waals surface area contributed by atoms with Gasteiger partial charge in [0.15, 0.2) is 0 Å². The van der Waals surface area contributed by atoms with Gasteiger partial charge >= 0.3 is 5.97 Å². The normalized spacial score (nSPS) is 15.4. The fourth-order valence-electron chi connectivity index (χ4n) is 2.24. The Balaban J connectivity index is 2.92. The van der Waals surface area contributed by atoms with Gasteiger partial charge in [0.1, 0.15) is 11.4 Å². The molecule has 0 saturated carbocycles. The van der Waals surface area contributed by atoms with Crippen molar-refractivity contribution in [3.63, 3.8) is 0 Å². The minimum Gasteiger partial charge on any atom is -0.494 e. The second kappa shape index (κ2) is 7.29. The van der Waals surface area contributed by atoms with Crippen molar-refractivity contribution in [3.8, 4) is 5.75 Å². The van der Waals surface area contributed by atoms with E-state index in [1.807, 2.05) is 13.8 Å². The lowest BCUT2D eigenvalue weighted by Crippen LogP contribution is -2.37. The summed E-state index contributed by atoms with van der Waals surface area (Å²) in [6.07, 6.45) is 2.08. The molecular weight excluding hydrogens is 256 g/mol. The Hall–Kier alpha value is -1.55. The van der Waals surface area contributed by atoms with Crippen LogP contribution in [0.4, 0.5) is 0 Å². The van der Waals surface area contributed by atoms with Crippen molar-refractivity contribution in [2.24, 2.45) is 5.92 Å². The zero-order valence-corrected chi connectivity index (χ0v) is 12.4. The summed E-state index contributed by atoms with van der Waals surface area (Å²) in [5, 5.41) is 19.9. The van der Waals surface area contributed by atoms with E-state index in [9.17, 15) is 15.0 Å². The number of carboxylic acids is 1. The van der Waals surface area contributed by atoms with E-state index in [1.54, 1.807) is 31.2 Å². The number of carbonyl (C=O) groups is 1. The minimum absolute atomic E-state index is 0.441. The fourth-order valence-corrected chi connectivity index (χ4v) is 2.24. The maximum Gasteiger partial charge on any atom is 0.309 e. The van der Waals surface area contributed by atoms with Crippen molar-refractivity contribution in [2.75, 3.05) is 6.61 Å². The molecule has 0 bridgehead atoms. The SMILES string of the molecule is CCCOc1ccc(C(C)(O)C(CCC)C(=O)O)cc1. The summed E-state index contributed by atoms with van der Waals surface area (Å²) in [5.41, 5.74) is -0.785. The van der Waals surface area contributed by atoms with E-state index in [2.05, 4.69) is 0 Å². The number of carboxylic acid groups (broad SMARTS) is 1. The summed E-state index contributed by atoms with van der Waals surface area (Å²) < 4.78 is 5.48. The highest BCUT2D eigenvalue weighted by atomic mass is 16.5. The molecule has 112 valence electrons. The summed E-state index contributed by atoms with van der Waals surface area (Å²) in [6.45, 7) is 6.14. The molecule has 0 amide bonds. The van der Waals surface area contributed by atoms with E-state index in [1.165, 1.54) is 0 Å². The van der Waals surface area contributed by atoms with Crippen LogP contribution in [0.3, 0.4) is 0 Å². The van der Waals surface area contributed by atoms with Crippen molar-refractivity contribution in [1.29, 1.82) is 0 Å². The Labute approximate surface area is 120 Å². The Kier molecular flexibility index (Phi) is 6.02. The van der Waals surface area contributed by atoms with Crippen LogP contribution in [-0.2, 0) is 10.4 Å². The summed E-state index contributed by atoms with van der Waals surface area (Å²) in [4.78, 5) is 11.3. The van der Waals surface area contributed by atoms with Crippen LogP contribution in [0.25, 0.3) is 0 Å².